The summed E-state index contributed by atoms with van der Waals surface area (Å²) in [4.78, 5) is 0. The van der Waals surface area contributed by atoms with Crippen LogP contribution in [0.2, 0.25) is 0 Å². The van der Waals surface area contributed by atoms with Gasteiger partial charge in [0, 0.05) is 5.56 Å². The smallest absolute Gasteiger partial charge is 0.123 e. The van der Waals surface area contributed by atoms with Crippen LogP contribution in [0, 0.1) is 11.8 Å². The fourth-order valence-corrected chi connectivity index (χ4v) is 2.12. The van der Waals surface area contributed by atoms with E-state index in [4.69, 9.17) is 0 Å². The van der Waals surface area contributed by atoms with E-state index in [9.17, 15) is 5.11 Å². The van der Waals surface area contributed by atoms with Crippen LogP contribution in [0.25, 0.3) is 0 Å². The molecular formula is C19H28O. The van der Waals surface area contributed by atoms with Crippen LogP contribution in [0.5, 0.6) is 0 Å². The van der Waals surface area contributed by atoms with Crippen LogP contribution in [-0.2, 0) is 0 Å². The molecule has 0 aliphatic carbocycles. The minimum absolute atomic E-state index is 0.540. The minimum Gasteiger partial charge on any atom is -0.378 e. The summed E-state index contributed by atoms with van der Waals surface area (Å²) in [7, 11) is 0. The maximum atomic E-state index is 10.2. The number of hydrogen-bond acceptors (Lipinski definition) is 1. The highest BCUT2D eigenvalue weighted by molar-refractivity contribution is 5.38. The number of rotatable bonds is 6. The van der Waals surface area contributed by atoms with Gasteiger partial charge < -0.3 is 5.11 Å². The topological polar surface area (TPSA) is 20.2 Å². The predicted octanol–water partition coefficient (Wildman–Crippen LogP) is 4.88. The molecule has 0 bridgehead atoms. The Morgan fingerprint density at radius 2 is 1.75 bits per heavy atom. The van der Waals surface area contributed by atoms with E-state index in [2.05, 4.69) is 44.7 Å². The molecule has 110 valence electrons. The monoisotopic (exact) mass is 272 g/mol. The zero-order chi connectivity index (χ0) is 15.0. The summed E-state index contributed by atoms with van der Waals surface area (Å²) in [5.74, 6) is 6.64. The van der Waals surface area contributed by atoms with E-state index in [-0.39, 0.29) is 0 Å². The molecule has 0 spiro atoms. The van der Waals surface area contributed by atoms with Crippen LogP contribution >= 0.6 is 0 Å². The van der Waals surface area contributed by atoms with Gasteiger partial charge in [0.05, 0.1) is 0 Å². The normalized spacial score (nSPS) is 13.7. The van der Waals surface area contributed by atoms with Gasteiger partial charge in [0.1, 0.15) is 5.60 Å². The summed E-state index contributed by atoms with van der Waals surface area (Å²) in [5.41, 5.74) is 1.43. The molecule has 0 radical (unpaired) electrons. The first-order valence-corrected chi connectivity index (χ1v) is 7.80. The van der Waals surface area contributed by atoms with Crippen molar-refractivity contribution in [3.05, 3.63) is 35.4 Å². The van der Waals surface area contributed by atoms with E-state index in [0.717, 1.165) is 18.4 Å². The van der Waals surface area contributed by atoms with Gasteiger partial charge in [-0.1, -0.05) is 64.0 Å². The van der Waals surface area contributed by atoms with Crippen molar-refractivity contribution in [2.75, 3.05) is 0 Å². The average molecular weight is 272 g/mol. The Hall–Kier alpha value is -1.26. The van der Waals surface area contributed by atoms with Crippen molar-refractivity contribution in [1.29, 1.82) is 0 Å². The average Bonchev–Trinajstić information content (AvgIpc) is 2.42. The van der Waals surface area contributed by atoms with Gasteiger partial charge in [0.15, 0.2) is 0 Å². The SMILES string of the molecule is CCCCCCC(C)(O)C#Cc1ccc(C(C)C)cc1. The molecule has 1 unspecified atom stereocenters. The second-order valence-corrected chi connectivity index (χ2v) is 6.11. The number of benzene rings is 1. The van der Waals surface area contributed by atoms with E-state index < -0.39 is 5.60 Å². The molecular weight excluding hydrogens is 244 g/mol. The standard InChI is InChI=1S/C19H28O/c1-5-6-7-8-14-19(4,20)15-13-17-9-11-18(12-10-17)16(2)3/h9-12,16,20H,5-8,14H2,1-4H3. The Morgan fingerprint density at radius 1 is 1.10 bits per heavy atom. The van der Waals surface area contributed by atoms with Crippen molar-refractivity contribution in [2.45, 2.75) is 71.3 Å². The Bertz CT molecular complexity index is 443. The van der Waals surface area contributed by atoms with Gasteiger partial charge in [-0.15, -0.1) is 0 Å². The van der Waals surface area contributed by atoms with Crippen molar-refractivity contribution >= 4 is 0 Å². The van der Waals surface area contributed by atoms with E-state index >= 15 is 0 Å². The van der Waals surface area contributed by atoms with E-state index in [0.29, 0.717) is 5.92 Å². The third-order valence-corrected chi connectivity index (χ3v) is 3.57. The Kier molecular flexibility index (Phi) is 6.82. The Morgan fingerprint density at radius 3 is 2.30 bits per heavy atom. The molecule has 1 heteroatoms. The van der Waals surface area contributed by atoms with Gasteiger partial charge in [-0.05, 0) is 43.4 Å². The highest BCUT2D eigenvalue weighted by Crippen LogP contribution is 2.16. The molecule has 0 aliphatic rings. The summed E-state index contributed by atoms with van der Waals surface area (Å²) in [5, 5.41) is 10.2. The molecule has 1 atom stereocenters. The minimum atomic E-state index is -0.871. The molecule has 0 fully saturated rings. The van der Waals surface area contributed by atoms with E-state index in [1.54, 1.807) is 0 Å². The maximum absolute atomic E-state index is 10.2. The van der Waals surface area contributed by atoms with Gasteiger partial charge in [0.2, 0.25) is 0 Å². The van der Waals surface area contributed by atoms with Gasteiger partial charge >= 0.3 is 0 Å². The van der Waals surface area contributed by atoms with Crippen LogP contribution in [0.3, 0.4) is 0 Å². The first-order valence-electron chi connectivity index (χ1n) is 7.80. The predicted molar refractivity (Wildman–Crippen MR) is 86.8 cm³/mol. The highest BCUT2D eigenvalue weighted by atomic mass is 16.3. The van der Waals surface area contributed by atoms with E-state index in [1.807, 2.05) is 19.1 Å². The third-order valence-electron chi connectivity index (χ3n) is 3.57. The lowest BCUT2D eigenvalue weighted by atomic mass is 9.97. The first kappa shape index (κ1) is 16.8. The molecule has 1 N–H and O–H groups in total. The van der Waals surface area contributed by atoms with Crippen molar-refractivity contribution in [1.82, 2.24) is 0 Å². The van der Waals surface area contributed by atoms with Crippen LogP contribution in [-0.4, -0.2) is 10.7 Å². The molecule has 1 rings (SSSR count). The second kappa shape index (κ2) is 8.12. The van der Waals surface area contributed by atoms with Gasteiger partial charge in [0.25, 0.3) is 0 Å². The lowest BCUT2D eigenvalue weighted by Gasteiger charge is -2.15. The Balaban J connectivity index is 2.58. The van der Waals surface area contributed by atoms with Gasteiger partial charge in [-0.2, -0.15) is 0 Å². The molecule has 0 heterocycles. The van der Waals surface area contributed by atoms with Crippen LogP contribution < -0.4 is 0 Å². The maximum Gasteiger partial charge on any atom is 0.123 e. The van der Waals surface area contributed by atoms with Crippen molar-refractivity contribution in [2.24, 2.45) is 0 Å². The van der Waals surface area contributed by atoms with Crippen molar-refractivity contribution in [3.63, 3.8) is 0 Å². The summed E-state index contributed by atoms with van der Waals surface area (Å²) >= 11 is 0. The van der Waals surface area contributed by atoms with Crippen LogP contribution in [0.15, 0.2) is 24.3 Å². The molecule has 1 aromatic carbocycles. The van der Waals surface area contributed by atoms with Gasteiger partial charge in [-0.25, -0.2) is 0 Å². The lowest BCUT2D eigenvalue weighted by Crippen LogP contribution is -2.21. The summed E-state index contributed by atoms with van der Waals surface area (Å²) in [6.45, 7) is 8.37. The van der Waals surface area contributed by atoms with Gasteiger partial charge in [-0.3, -0.25) is 0 Å². The molecule has 0 aromatic heterocycles. The first-order chi connectivity index (χ1) is 9.44. The number of hydrogen-bond donors (Lipinski definition) is 1. The third kappa shape index (κ3) is 6.26. The molecule has 0 saturated heterocycles. The zero-order valence-electron chi connectivity index (χ0n) is 13.4. The molecule has 1 nitrogen and oxygen atoms in total. The molecule has 0 amide bonds. The lowest BCUT2D eigenvalue weighted by molar-refractivity contribution is 0.109. The number of aliphatic hydroxyl groups is 1. The van der Waals surface area contributed by atoms with Crippen molar-refractivity contribution in [3.8, 4) is 11.8 Å². The summed E-state index contributed by atoms with van der Waals surface area (Å²) < 4.78 is 0. The molecule has 0 aliphatic heterocycles. The van der Waals surface area contributed by atoms with Crippen molar-refractivity contribution < 1.29 is 5.11 Å². The van der Waals surface area contributed by atoms with Crippen LogP contribution in [0.4, 0.5) is 0 Å². The Labute approximate surface area is 124 Å². The van der Waals surface area contributed by atoms with E-state index in [1.165, 1.54) is 24.8 Å². The fourth-order valence-electron chi connectivity index (χ4n) is 2.12. The quantitative estimate of drug-likeness (QED) is 0.578. The molecule has 1 aromatic rings. The highest BCUT2D eigenvalue weighted by Gasteiger charge is 2.15. The zero-order valence-corrected chi connectivity index (χ0v) is 13.4. The molecule has 0 saturated carbocycles. The summed E-state index contributed by atoms with van der Waals surface area (Å²) in [6, 6.07) is 8.31. The van der Waals surface area contributed by atoms with Crippen LogP contribution in [0.1, 0.15) is 76.8 Å². The summed E-state index contributed by atoms with van der Waals surface area (Å²) in [6.07, 6.45) is 5.43. The number of unbranched alkanes of at least 4 members (excludes halogenated alkanes) is 3. The largest absolute Gasteiger partial charge is 0.378 e. The fraction of sp³-hybridized carbons (Fsp3) is 0.579. The second-order valence-electron chi connectivity index (χ2n) is 6.11. The molecule has 20 heavy (non-hydrogen) atoms.